The molecule has 4 heterocycles. The molecule has 42 heavy (non-hydrogen) atoms. The molecule has 1 unspecified atom stereocenters. The second-order valence-electron chi connectivity index (χ2n) is 10.0. The Hall–Kier alpha value is -4.43. The Kier molecular flexibility index (Phi) is 7.93. The van der Waals surface area contributed by atoms with E-state index in [2.05, 4.69) is 17.9 Å². The van der Waals surface area contributed by atoms with Crippen LogP contribution in [0.3, 0.4) is 0 Å². The number of nitrogens with two attached hydrogens (primary N) is 2. The van der Waals surface area contributed by atoms with E-state index in [0.29, 0.717) is 17.9 Å². The fraction of sp³-hybridized carbons (Fsp3) is 0.357. The average molecular weight is 595 g/mol. The lowest BCUT2D eigenvalue weighted by atomic mass is 9.85. The molecule has 0 bridgehead atoms. The summed E-state index contributed by atoms with van der Waals surface area (Å²) in [4.78, 5) is 70.4. The van der Waals surface area contributed by atoms with Crippen LogP contribution < -0.4 is 22.3 Å². The smallest absolute Gasteiger partial charge is 0.411 e. The molecule has 3 aromatic rings. The van der Waals surface area contributed by atoms with Gasteiger partial charge in [0.05, 0.1) is 29.0 Å². The zero-order chi connectivity index (χ0) is 30.2. The second-order valence-corrected chi connectivity index (χ2v) is 10.4. The van der Waals surface area contributed by atoms with E-state index in [9.17, 15) is 24.0 Å². The van der Waals surface area contributed by atoms with Gasteiger partial charge in [0.25, 0.3) is 5.56 Å². The molecule has 0 fully saturated rings. The number of nitrogens with zero attached hydrogens (tertiary/aromatic N) is 3. The quantitative estimate of drug-likeness (QED) is 0.157. The Labute approximate surface area is 245 Å². The molecule has 2 aliphatic heterocycles. The number of hydrogen-bond acceptors (Lipinski definition) is 10. The lowest BCUT2D eigenvalue weighted by molar-refractivity contribution is -0.173. The molecule has 3 amide bonds. The minimum Gasteiger partial charge on any atom is -0.457 e. The van der Waals surface area contributed by atoms with E-state index in [-0.39, 0.29) is 48.6 Å². The van der Waals surface area contributed by atoms with Crippen molar-refractivity contribution in [1.82, 2.24) is 19.8 Å². The number of cyclic esters (lactones) is 1. The maximum Gasteiger partial charge on any atom is 0.411 e. The molecular formula is C28H30N6O7S. The third-order valence-corrected chi connectivity index (χ3v) is 7.86. The molecule has 13 nitrogen and oxygen atoms in total. The van der Waals surface area contributed by atoms with Gasteiger partial charge in [-0.05, 0) is 24.6 Å². The molecule has 2 aliphatic rings. The topological polar surface area (TPSA) is 189 Å². The fourth-order valence-corrected chi connectivity index (χ4v) is 5.58. The molecule has 5 rings (SSSR count). The number of para-hydroxylation sites is 1. The van der Waals surface area contributed by atoms with E-state index >= 15 is 0 Å². The van der Waals surface area contributed by atoms with Crippen molar-refractivity contribution in [2.45, 2.75) is 38.1 Å². The molecule has 0 saturated heterocycles. The monoisotopic (exact) mass is 594 g/mol. The first-order valence-corrected chi connectivity index (χ1v) is 14.0. The van der Waals surface area contributed by atoms with Gasteiger partial charge in [-0.1, -0.05) is 25.1 Å². The number of primary amides is 1. The van der Waals surface area contributed by atoms with Crippen LogP contribution in [0, 0.1) is 0 Å². The maximum atomic E-state index is 13.7. The van der Waals surface area contributed by atoms with Gasteiger partial charge < -0.3 is 30.8 Å². The van der Waals surface area contributed by atoms with Gasteiger partial charge in [-0.15, -0.1) is 0 Å². The summed E-state index contributed by atoms with van der Waals surface area (Å²) in [5.41, 5.74) is 11.7. The molecule has 0 radical (unpaired) electrons. The lowest BCUT2D eigenvalue weighted by Crippen LogP contribution is -2.53. The molecule has 0 saturated carbocycles. The fourth-order valence-electron chi connectivity index (χ4n) is 5.31. The highest BCUT2D eigenvalue weighted by Gasteiger charge is 2.51. The summed E-state index contributed by atoms with van der Waals surface area (Å²) in [6.07, 6.45) is -1.09. The predicted octanol–water partition coefficient (Wildman–Crippen LogP) is 0.385. The summed E-state index contributed by atoms with van der Waals surface area (Å²) in [5, 5.41) is 3.32. The normalized spacial score (nSPS) is 17.5. The van der Waals surface area contributed by atoms with Crippen LogP contribution in [0.1, 0.15) is 30.0 Å². The van der Waals surface area contributed by atoms with Gasteiger partial charge in [-0.25, -0.2) is 14.6 Å². The summed E-state index contributed by atoms with van der Waals surface area (Å²) in [6, 6.07) is 10.2. The number of carbonyl (C=O) groups excluding carboxylic acids is 4. The highest BCUT2D eigenvalue weighted by Crippen LogP contribution is 2.41. The van der Waals surface area contributed by atoms with Crippen molar-refractivity contribution < 1.29 is 28.7 Å². The van der Waals surface area contributed by atoms with Crippen LogP contribution in [0.4, 0.5) is 4.79 Å². The number of fused-ring (bicyclic) bond motifs is 5. The summed E-state index contributed by atoms with van der Waals surface area (Å²) in [5.74, 6) is -2.39. The van der Waals surface area contributed by atoms with Crippen LogP contribution in [0.2, 0.25) is 0 Å². The average Bonchev–Trinajstić information content (AvgIpc) is 3.33. The van der Waals surface area contributed by atoms with E-state index in [4.69, 9.17) is 25.9 Å². The number of hydrogen-bond donors (Lipinski definition) is 4. The van der Waals surface area contributed by atoms with Gasteiger partial charge >= 0.3 is 12.1 Å². The Morgan fingerprint density at radius 3 is 2.71 bits per heavy atom. The number of benzene rings is 1. The second kappa shape index (κ2) is 11.4. The van der Waals surface area contributed by atoms with Crippen LogP contribution in [0.5, 0.6) is 0 Å². The van der Waals surface area contributed by atoms with E-state index in [1.807, 2.05) is 30.3 Å². The van der Waals surface area contributed by atoms with Crippen molar-refractivity contribution in [1.29, 1.82) is 0 Å². The largest absolute Gasteiger partial charge is 0.457 e. The van der Waals surface area contributed by atoms with Gasteiger partial charge in [0, 0.05) is 35.4 Å². The first-order chi connectivity index (χ1) is 20.1. The highest BCUT2D eigenvalue weighted by atomic mass is 32.1. The van der Waals surface area contributed by atoms with Gasteiger partial charge in [-0.3, -0.25) is 19.3 Å². The van der Waals surface area contributed by atoms with E-state index in [1.165, 1.54) is 0 Å². The lowest BCUT2D eigenvalue weighted by Gasteiger charge is -2.37. The zero-order valence-corrected chi connectivity index (χ0v) is 23.7. The number of amides is 3. The predicted molar refractivity (Wildman–Crippen MR) is 154 cm³/mol. The third kappa shape index (κ3) is 4.96. The minimum absolute atomic E-state index is 0.0282. The van der Waals surface area contributed by atoms with E-state index in [0.717, 1.165) is 21.4 Å². The van der Waals surface area contributed by atoms with Crippen molar-refractivity contribution >= 4 is 47.4 Å². The number of esters is 1. The maximum absolute atomic E-state index is 13.7. The van der Waals surface area contributed by atoms with Crippen LogP contribution >= 0.6 is 12.6 Å². The number of carbonyl (C=O) groups is 4. The van der Waals surface area contributed by atoms with Crippen molar-refractivity contribution in [3.8, 4) is 11.4 Å². The first-order valence-electron chi connectivity index (χ1n) is 13.3. The Bertz CT molecular complexity index is 1670. The van der Waals surface area contributed by atoms with Crippen LogP contribution in [-0.4, -0.2) is 69.8 Å². The Morgan fingerprint density at radius 1 is 1.26 bits per heavy atom. The van der Waals surface area contributed by atoms with E-state index in [1.54, 1.807) is 17.6 Å². The number of rotatable bonds is 9. The molecule has 0 aliphatic carbocycles. The molecule has 2 atom stereocenters. The van der Waals surface area contributed by atoms with Crippen molar-refractivity contribution in [3.05, 3.63) is 63.4 Å². The summed E-state index contributed by atoms with van der Waals surface area (Å²) >= 11 is 4.00. The summed E-state index contributed by atoms with van der Waals surface area (Å²) < 4.78 is 12.8. The van der Waals surface area contributed by atoms with Crippen molar-refractivity contribution in [2.24, 2.45) is 11.5 Å². The van der Waals surface area contributed by atoms with Gasteiger partial charge in [-0.2, -0.15) is 12.6 Å². The number of thiol groups is 1. The van der Waals surface area contributed by atoms with Crippen LogP contribution in [-0.2, 0) is 42.6 Å². The van der Waals surface area contributed by atoms with E-state index < -0.39 is 42.1 Å². The molecule has 5 N–H and O–H groups in total. The SMILES string of the molecule is CC[C@@]1(OC(=O)N(CCN)CC(=O)NC(CS)C(N)=O)C(=O)OCc2c1cc1n(c2=O)Cc2cc3ccccc3nc2-1. The number of ether oxygens (including phenoxy) is 2. The molecular weight excluding hydrogens is 564 g/mol. The molecule has 1 aromatic carbocycles. The standard InChI is InChI=1S/C28H30N6O7S/c1-2-28(41-27(39)33(8-7-29)12-22(35)31-20(14-42)24(30)36)18-10-21-23-16(9-15-5-3-4-6-19(15)32-23)11-34(21)25(37)17(18)13-40-26(28)38/h3-6,9-10,20,42H,2,7-8,11-14,29H2,1H3,(H2,30,36)(H,31,35)/t20?,28-/m0/s1. The van der Waals surface area contributed by atoms with Crippen molar-refractivity contribution in [2.75, 3.05) is 25.4 Å². The van der Waals surface area contributed by atoms with Crippen LogP contribution in [0.25, 0.3) is 22.3 Å². The number of nitrogens with one attached hydrogen (secondary N) is 1. The van der Waals surface area contributed by atoms with Gasteiger partial charge in [0.15, 0.2) is 0 Å². The minimum atomic E-state index is -1.97. The zero-order valence-electron chi connectivity index (χ0n) is 22.8. The summed E-state index contributed by atoms with van der Waals surface area (Å²) in [7, 11) is 0. The Balaban J connectivity index is 1.52. The molecule has 14 heteroatoms. The molecule has 2 aromatic heterocycles. The number of aromatic nitrogens is 2. The third-order valence-electron chi connectivity index (χ3n) is 7.50. The molecule has 0 spiro atoms. The highest BCUT2D eigenvalue weighted by molar-refractivity contribution is 7.80. The van der Waals surface area contributed by atoms with Gasteiger partial charge in [0.2, 0.25) is 17.4 Å². The van der Waals surface area contributed by atoms with Gasteiger partial charge in [0.1, 0.15) is 19.2 Å². The Morgan fingerprint density at radius 2 is 2.02 bits per heavy atom. The first kappa shape index (κ1) is 29.1. The van der Waals surface area contributed by atoms with Crippen molar-refractivity contribution in [3.63, 3.8) is 0 Å². The van der Waals surface area contributed by atoms with Crippen LogP contribution in [0.15, 0.2) is 41.2 Å². The molecule has 220 valence electrons. The summed E-state index contributed by atoms with van der Waals surface area (Å²) in [6.45, 7) is 0.961. The number of pyridine rings is 2.